The lowest BCUT2D eigenvalue weighted by Crippen LogP contribution is -2.43. The Morgan fingerprint density at radius 3 is 2.47 bits per heavy atom. The molecule has 0 radical (unpaired) electrons. The van der Waals surface area contributed by atoms with Crippen molar-refractivity contribution in [3.05, 3.63) is 47.3 Å². The lowest BCUT2D eigenvalue weighted by Gasteiger charge is -2.36. The molecule has 8 nitrogen and oxygen atoms in total. The molecule has 1 fully saturated rings. The first-order valence-corrected chi connectivity index (χ1v) is 13.4. The van der Waals surface area contributed by atoms with Gasteiger partial charge in [0.1, 0.15) is 0 Å². The summed E-state index contributed by atoms with van der Waals surface area (Å²) in [4.78, 5) is 32.6. The Kier molecular flexibility index (Phi) is 9.15. The molecule has 0 aliphatic carbocycles. The molecular weight excluding hydrogens is 454 g/mol. The highest BCUT2D eigenvalue weighted by Crippen LogP contribution is 2.25. The van der Waals surface area contributed by atoms with E-state index in [0.717, 1.165) is 74.5 Å². The Hall–Kier alpha value is -2.71. The number of anilines is 1. The maximum Gasteiger partial charge on any atom is 0.223 e. The van der Waals surface area contributed by atoms with Crippen molar-refractivity contribution in [2.24, 2.45) is 7.05 Å². The van der Waals surface area contributed by atoms with Crippen LogP contribution in [0.5, 0.6) is 0 Å². The average molecular weight is 496 g/mol. The molecular formula is C28H41N5O3. The Morgan fingerprint density at radius 2 is 1.78 bits per heavy atom. The van der Waals surface area contributed by atoms with Gasteiger partial charge in [0.2, 0.25) is 11.8 Å². The maximum atomic E-state index is 13.5. The number of aromatic nitrogens is 2. The van der Waals surface area contributed by atoms with Crippen molar-refractivity contribution in [1.29, 1.82) is 0 Å². The van der Waals surface area contributed by atoms with Crippen LogP contribution in [0, 0.1) is 6.92 Å². The minimum Gasteiger partial charge on any atom is -0.381 e. The number of fused-ring (bicyclic) bond motifs is 1. The van der Waals surface area contributed by atoms with Gasteiger partial charge in [-0.1, -0.05) is 18.2 Å². The summed E-state index contributed by atoms with van der Waals surface area (Å²) in [6, 6.07) is 8.55. The number of carbonyl (C=O) groups is 2. The lowest BCUT2D eigenvalue weighted by molar-refractivity contribution is -0.132. The number of amides is 2. The second-order valence-electron chi connectivity index (χ2n) is 10.1. The van der Waals surface area contributed by atoms with Gasteiger partial charge in [0.25, 0.3) is 0 Å². The highest BCUT2D eigenvalue weighted by molar-refractivity contribution is 5.92. The van der Waals surface area contributed by atoms with Gasteiger partial charge >= 0.3 is 0 Å². The fraction of sp³-hybridized carbons (Fsp3) is 0.607. The lowest BCUT2D eigenvalue weighted by atomic mass is 10.1. The van der Waals surface area contributed by atoms with Gasteiger partial charge in [-0.25, -0.2) is 0 Å². The van der Waals surface area contributed by atoms with E-state index in [1.807, 2.05) is 52.8 Å². The fourth-order valence-corrected chi connectivity index (χ4v) is 5.57. The number of nitrogens with zero attached hydrogens (tertiary/aromatic N) is 5. The largest absolute Gasteiger partial charge is 0.381 e. The van der Waals surface area contributed by atoms with E-state index in [4.69, 9.17) is 4.74 Å². The van der Waals surface area contributed by atoms with Gasteiger partial charge in [0, 0.05) is 84.3 Å². The quantitative estimate of drug-likeness (QED) is 0.651. The number of rotatable bonds is 4. The van der Waals surface area contributed by atoms with Crippen LogP contribution in [0.15, 0.2) is 30.5 Å². The minimum absolute atomic E-state index is 0.0436. The molecule has 1 aromatic heterocycles. The zero-order valence-electron chi connectivity index (χ0n) is 22.1. The molecule has 0 bridgehead atoms. The number of para-hydroxylation sites is 1. The molecule has 0 spiro atoms. The Balaban J connectivity index is 1.55. The van der Waals surface area contributed by atoms with Crippen molar-refractivity contribution >= 4 is 17.5 Å². The maximum absolute atomic E-state index is 13.5. The molecule has 3 heterocycles. The van der Waals surface area contributed by atoms with Crippen molar-refractivity contribution in [1.82, 2.24) is 19.6 Å². The third kappa shape index (κ3) is 6.73. The summed E-state index contributed by atoms with van der Waals surface area (Å²) in [6.45, 7) is 9.06. The average Bonchev–Trinajstić information content (AvgIpc) is 3.19. The van der Waals surface area contributed by atoms with Crippen molar-refractivity contribution in [2.45, 2.75) is 65.0 Å². The second kappa shape index (κ2) is 12.5. The predicted octanol–water partition coefficient (Wildman–Crippen LogP) is 3.32. The number of aryl methyl sites for hydroxylation is 3. The van der Waals surface area contributed by atoms with Gasteiger partial charge in [0.15, 0.2) is 0 Å². The van der Waals surface area contributed by atoms with Gasteiger partial charge in [-0.3, -0.25) is 14.3 Å². The molecule has 8 heteroatoms. The molecule has 0 unspecified atom stereocenters. The van der Waals surface area contributed by atoms with Gasteiger partial charge in [0.05, 0.1) is 5.69 Å². The number of benzene rings is 1. The van der Waals surface area contributed by atoms with Crippen molar-refractivity contribution in [3.8, 4) is 0 Å². The zero-order chi connectivity index (χ0) is 25.5. The molecule has 36 heavy (non-hydrogen) atoms. The first-order valence-electron chi connectivity index (χ1n) is 13.4. The van der Waals surface area contributed by atoms with Crippen LogP contribution in [0.3, 0.4) is 0 Å². The van der Waals surface area contributed by atoms with E-state index in [9.17, 15) is 9.59 Å². The second-order valence-corrected chi connectivity index (χ2v) is 10.1. The Morgan fingerprint density at radius 1 is 1.06 bits per heavy atom. The van der Waals surface area contributed by atoms with Crippen molar-refractivity contribution in [3.63, 3.8) is 0 Å². The Bertz CT molecular complexity index is 1030. The highest BCUT2D eigenvalue weighted by Gasteiger charge is 2.25. The number of hydrogen-bond donors (Lipinski definition) is 0. The Labute approximate surface area is 215 Å². The van der Waals surface area contributed by atoms with Crippen LogP contribution < -0.4 is 4.90 Å². The van der Waals surface area contributed by atoms with Gasteiger partial charge < -0.3 is 19.4 Å². The van der Waals surface area contributed by atoms with Crippen LogP contribution in [0.2, 0.25) is 0 Å². The number of ether oxygens (including phenoxy) is 1. The molecule has 0 atom stereocenters. The van der Waals surface area contributed by atoms with E-state index in [2.05, 4.69) is 16.1 Å². The number of hydrogen-bond acceptors (Lipinski definition) is 5. The summed E-state index contributed by atoms with van der Waals surface area (Å²) in [7, 11) is 1.91. The van der Waals surface area contributed by atoms with Gasteiger partial charge in [-0.05, 0) is 56.2 Å². The standard InChI is InChI=1S/C28H41N5O3/c1-22-24(20-30(3)29-22)10-11-28(35)32-16-6-14-31(26-12-18-36-19-13-26)15-7-17-33(23(2)34)27-9-5-4-8-25(27)21-32/h4-5,8-9,20,26H,6-7,10-19,21H2,1-3H3. The van der Waals surface area contributed by atoms with Crippen LogP contribution in [0.25, 0.3) is 0 Å². The van der Waals surface area contributed by atoms with Crippen molar-refractivity contribution < 1.29 is 14.3 Å². The summed E-state index contributed by atoms with van der Waals surface area (Å²) < 4.78 is 7.41. The van der Waals surface area contributed by atoms with E-state index >= 15 is 0 Å². The minimum atomic E-state index is 0.0436. The topological polar surface area (TPSA) is 70.9 Å². The molecule has 196 valence electrons. The van der Waals surface area contributed by atoms with E-state index in [-0.39, 0.29) is 11.8 Å². The fourth-order valence-electron chi connectivity index (χ4n) is 5.57. The van der Waals surface area contributed by atoms with Gasteiger partial charge in [-0.15, -0.1) is 0 Å². The van der Waals surface area contributed by atoms with Gasteiger partial charge in [-0.2, -0.15) is 5.10 Å². The molecule has 1 saturated heterocycles. The zero-order valence-corrected chi connectivity index (χ0v) is 22.1. The molecule has 0 N–H and O–H groups in total. The van der Waals surface area contributed by atoms with Crippen LogP contribution in [-0.4, -0.2) is 76.8 Å². The molecule has 2 aliphatic heterocycles. The molecule has 2 aliphatic rings. The molecule has 2 amide bonds. The molecule has 4 rings (SSSR count). The van der Waals surface area contributed by atoms with Crippen LogP contribution in [0.4, 0.5) is 5.69 Å². The van der Waals surface area contributed by atoms with E-state index in [1.165, 1.54) is 0 Å². The van der Waals surface area contributed by atoms with E-state index in [1.54, 1.807) is 6.92 Å². The summed E-state index contributed by atoms with van der Waals surface area (Å²) in [5, 5.41) is 4.42. The van der Waals surface area contributed by atoms with Crippen molar-refractivity contribution in [2.75, 3.05) is 44.3 Å². The first kappa shape index (κ1) is 26.4. The summed E-state index contributed by atoms with van der Waals surface area (Å²) in [5.74, 6) is 0.194. The SMILES string of the molecule is CC(=O)N1CCCN(C2CCOCC2)CCCN(C(=O)CCc2cn(C)nc2C)Cc2ccccc21. The smallest absolute Gasteiger partial charge is 0.223 e. The third-order valence-electron chi connectivity index (χ3n) is 7.51. The van der Waals surface area contributed by atoms with E-state index < -0.39 is 0 Å². The van der Waals surface area contributed by atoms with Crippen LogP contribution >= 0.6 is 0 Å². The first-order chi connectivity index (χ1) is 17.4. The third-order valence-corrected chi connectivity index (χ3v) is 7.51. The van der Waals surface area contributed by atoms with E-state index in [0.29, 0.717) is 38.5 Å². The molecule has 1 aromatic carbocycles. The molecule has 0 saturated carbocycles. The normalized spacial score (nSPS) is 18.9. The summed E-state index contributed by atoms with van der Waals surface area (Å²) in [5.41, 5.74) is 4.05. The molecule has 2 aromatic rings. The van der Waals surface area contributed by atoms with Crippen LogP contribution in [-0.2, 0) is 34.3 Å². The number of carbonyl (C=O) groups excluding carboxylic acids is 2. The van der Waals surface area contributed by atoms with Crippen LogP contribution in [0.1, 0.15) is 55.8 Å². The predicted molar refractivity (Wildman–Crippen MR) is 141 cm³/mol. The summed E-state index contributed by atoms with van der Waals surface area (Å²) in [6.07, 6.45) is 7.11. The summed E-state index contributed by atoms with van der Waals surface area (Å²) >= 11 is 0. The monoisotopic (exact) mass is 495 g/mol. The highest BCUT2D eigenvalue weighted by atomic mass is 16.5.